The first-order valence-corrected chi connectivity index (χ1v) is 20.5. The number of aliphatic hydroxyl groups is 4. The molecule has 15 heteroatoms. The van der Waals surface area contributed by atoms with Crippen molar-refractivity contribution in [3.05, 3.63) is 125 Å². The number of ether oxygens (including phenoxy) is 2. The molecular formula is C44H48N7O7S+. The van der Waals surface area contributed by atoms with Crippen LogP contribution in [0.4, 0.5) is 17.3 Å². The van der Waals surface area contributed by atoms with E-state index in [-0.39, 0.29) is 5.91 Å². The van der Waals surface area contributed by atoms with Gasteiger partial charge in [0.1, 0.15) is 36.7 Å². The second-order valence-corrected chi connectivity index (χ2v) is 16.4. The number of pyridine rings is 1. The smallest absolute Gasteiger partial charge is 0.255 e. The Balaban J connectivity index is 0.842. The third kappa shape index (κ3) is 9.12. The Morgan fingerprint density at radius 3 is 2.56 bits per heavy atom. The zero-order valence-corrected chi connectivity index (χ0v) is 33.6. The number of fused-ring (bicyclic) bond motifs is 1. The van der Waals surface area contributed by atoms with Gasteiger partial charge in [-0.2, -0.15) is 0 Å². The van der Waals surface area contributed by atoms with Crippen molar-refractivity contribution in [3.63, 3.8) is 0 Å². The van der Waals surface area contributed by atoms with Gasteiger partial charge in [0, 0.05) is 76.4 Å². The van der Waals surface area contributed by atoms with E-state index in [0.29, 0.717) is 22.9 Å². The summed E-state index contributed by atoms with van der Waals surface area (Å²) in [5, 5.41) is 49.7. The van der Waals surface area contributed by atoms with Gasteiger partial charge in [0.15, 0.2) is 0 Å². The lowest BCUT2D eigenvalue weighted by Gasteiger charge is -2.42. The molecule has 0 spiro atoms. The number of piperazine rings is 1. The number of likely N-dealkylation sites (N-methyl/N-ethyl adjacent to an activating group) is 1. The predicted octanol–water partition coefficient (Wildman–Crippen LogP) is 4.70. The highest BCUT2D eigenvalue weighted by Crippen LogP contribution is 2.36. The van der Waals surface area contributed by atoms with Crippen LogP contribution >= 0.6 is 11.3 Å². The zero-order valence-electron chi connectivity index (χ0n) is 32.8. The lowest BCUT2D eigenvalue weighted by molar-refractivity contribution is -0.926. The normalized spacial score (nSPS) is 21.9. The maximum absolute atomic E-state index is 13.3. The Morgan fingerprint density at radius 1 is 0.983 bits per heavy atom. The van der Waals surface area contributed by atoms with E-state index in [1.165, 1.54) is 5.56 Å². The van der Waals surface area contributed by atoms with Crippen molar-refractivity contribution < 1.29 is 39.2 Å². The van der Waals surface area contributed by atoms with Crippen LogP contribution < -0.4 is 15.4 Å². The average molecular weight is 819 g/mol. The van der Waals surface area contributed by atoms with Crippen LogP contribution in [0.1, 0.15) is 27.0 Å². The molecule has 59 heavy (non-hydrogen) atoms. The van der Waals surface area contributed by atoms with Gasteiger partial charge in [0.2, 0.25) is 12.2 Å². The number of quaternary nitrogens is 1. The molecular weight excluding hydrogens is 771 g/mol. The van der Waals surface area contributed by atoms with Crippen LogP contribution in [-0.2, 0) is 17.8 Å². The molecule has 3 aromatic heterocycles. The predicted molar refractivity (Wildman–Crippen MR) is 225 cm³/mol. The van der Waals surface area contributed by atoms with Crippen molar-refractivity contribution in [2.75, 3.05) is 50.5 Å². The number of benzene rings is 3. The topological polar surface area (TPSA) is 182 Å². The molecule has 3 aromatic carbocycles. The van der Waals surface area contributed by atoms with E-state index < -0.39 is 37.3 Å². The van der Waals surface area contributed by atoms with E-state index in [4.69, 9.17) is 9.47 Å². The summed E-state index contributed by atoms with van der Waals surface area (Å²) in [6.45, 7) is 6.86. The molecule has 306 valence electrons. The summed E-state index contributed by atoms with van der Waals surface area (Å²) in [7, 11) is 2.28. The van der Waals surface area contributed by atoms with Crippen molar-refractivity contribution >= 4 is 44.7 Å². The van der Waals surface area contributed by atoms with Crippen LogP contribution in [0.25, 0.3) is 21.3 Å². The number of carbonyl (C=O) groups excluding carboxylic acids is 1. The van der Waals surface area contributed by atoms with E-state index in [1.807, 2.05) is 91.2 Å². The van der Waals surface area contributed by atoms with Crippen molar-refractivity contribution in [1.82, 2.24) is 19.9 Å². The molecule has 0 bridgehead atoms. The number of amides is 1. The van der Waals surface area contributed by atoms with Crippen LogP contribution in [0, 0.1) is 6.92 Å². The van der Waals surface area contributed by atoms with Gasteiger partial charge in [-0.05, 0) is 84.1 Å². The molecule has 1 amide bonds. The lowest BCUT2D eigenvalue weighted by Crippen LogP contribution is -2.60. The number of anilines is 3. The molecule has 2 aliphatic rings. The molecule has 8 rings (SSSR count). The number of aromatic nitrogens is 3. The van der Waals surface area contributed by atoms with Gasteiger partial charge >= 0.3 is 0 Å². The second kappa shape index (κ2) is 17.5. The average Bonchev–Trinajstić information content (AvgIpc) is 3.76. The largest absolute Gasteiger partial charge is 0.461 e. The molecule has 2 fully saturated rings. The highest BCUT2D eigenvalue weighted by Gasteiger charge is 2.45. The molecule has 2 saturated heterocycles. The van der Waals surface area contributed by atoms with Crippen molar-refractivity contribution in [2.45, 2.75) is 50.7 Å². The van der Waals surface area contributed by atoms with Gasteiger partial charge in [-0.3, -0.25) is 14.7 Å². The minimum absolute atomic E-state index is 0.194. The van der Waals surface area contributed by atoms with Crippen LogP contribution in [-0.4, -0.2) is 121 Å². The summed E-state index contributed by atoms with van der Waals surface area (Å²) < 4.78 is 13.6. The summed E-state index contributed by atoms with van der Waals surface area (Å²) in [5.74, 6) is 0.749. The van der Waals surface area contributed by atoms with Crippen LogP contribution in [0.5, 0.6) is 5.75 Å². The molecule has 0 aliphatic carbocycles. The maximum atomic E-state index is 13.3. The monoisotopic (exact) mass is 818 g/mol. The van der Waals surface area contributed by atoms with E-state index in [1.54, 1.807) is 29.9 Å². The summed E-state index contributed by atoms with van der Waals surface area (Å²) in [6, 6.07) is 25.0. The van der Waals surface area contributed by atoms with Crippen LogP contribution in [0.15, 0.2) is 103 Å². The Hall–Kier alpha value is -5.36. The molecule has 5 heterocycles. The summed E-state index contributed by atoms with van der Waals surface area (Å²) in [4.78, 5) is 29.0. The van der Waals surface area contributed by atoms with E-state index in [0.717, 1.165) is 81.9 Å². The van der Waals surface area contributed by atoms with E-state index in [9.17, 15) is 25.2 Å². The number of hydrogen-bond acceptors (Lipinski definition) is 13. The first-order valence-electron chi connectivity index (χ1n) is 19.6. The summed E-state index contributed by atoms with van der Waals surface area (Å²) >= 11 is 1.62. The number of thiophene rings is 1. The number of hydrogen-bond donors (Lipinski definition) is 6. The standard InChI is InChI=1S/C44H47N7O7S/c1-27-5-11-32(22-35(27)49-44-46-16-13-34(48-44)30-4-3-15-45-23-30)47-42(56)29-8-6-28(7-9-29)24-50-17-19-51(2,20-18-50)25-31-10-12-36(33-14-21-59-41(31)33)57-43-40(55)39(54)38(53)37(26-52)58-43/h3-16,21-23,37-40,43,52-55H,17-20,24-26H2,1-2H3,(H-,46,47,48,49,56)/p+1/t37-,38+,39+,40-,43-/m1/s1. The minimum atomic E-state index is -1.51. The lowest BCUT2D eigenvalue weighted by atomic mass is 9.99. The van der Waals surface area contributed by atoms with E-state index in [2.05, 4.69) is 37.5 Å². The first kappa shape index (κ1) is 40.4. The highest BCUT2D eigenvalue weighted by atomic mass is 32.1. The van der Waals surface area contributed by atoms with Gasteiger partial charge in [-0.1, -0.05) is 18.2 Å². The Kier molecular flexibility index (Phi) is 12.0. The molecule has 0 unspecified atom stereocenters. The Morgan fingerprint density at radius 2 is 1.80 bits per heavy atom. The van der Waals surface area contributed by atoms with Gasteiger partial charge in [-0.25, -0.2) is 9.97 Å². The quantitative estimate of drug-likeness (QED) is 0.0939. The minimum Gasteiger partial charge on any atom is -0.461 e. The third-order valence-corrected chi connectivity index (χ3v) is 12.2. The molecule has 2 aliphatic heterocycles. The second-order valence-electron chi connectivity index (χ2n) is 15.5. The molecule has 5 atom stereocenters. The van der Waals surface area contributed by atoms with Crippen molar-refractivity contribution in [3.8, 4) is 17.0 Å². The molecule has 6 aromatic rings. The van der Waals surface area contributed by atoms with E-state index >= 15 is 0 Å². The number of nitrogens with one attached hydrogen (secondary N) is 2. The number of aryl methyl sites for hydroxylation is 1. The van der Waals surface area contributed by atoms with Crippen molar-refractivity contribution in [1.29, 1.82) is 0 Å². The number of nitrogens with zero attached hydrogens (tertiary/aromatic N) is 5. The van der Waals surface area contributed by atoms with Gasteiger partial charge in [0.05, 0.1) is 32.4 Å². The van der Waals surface area contributed by atoms with Gasteiger partial charge in [0.25, 0.3) is 5.91 Å². The first-order chi connectivity index (χ1) is 28.6. The van der Waals surface area contributed by atoms with Crippen molar-refractivity contribution in [2.24, 2.45) is 0 Å². The molecule has 0 saturated carbocycles. The number of aliphatic hydroxyl groups excluding tert-OH is 4. The number of carbonyl (C=O) groups is 1. The zero-order chi connectivity index (χ0) is 41.1. The van der Waals surface area contributed by atoms with Gasteiger partial charge in [-0.15, -0.1) is 11.3 Å². The summed E-state index contributed by atoms with van der Waals surface area (Å²) in [6.07, 6.45) is -1.54. The third-order valence-electron chi connectivity index (χ3n) is 11.2. The fraction of sp³-hybridized carbons (Fsp3) is 0.318. The number of rotatable bonds is 12. The van der Waals surface area contributed by atoms with Crippen LogP contribution in [0.3, 0.4) is 0 Å². The molecule has 14 nitrogen and oxygen atoms in total. The molecule has 0 radical (unpaired) electrons. The fourth-order valence-corrected chi connectivity index (χ4v) is 8.52. The molecule has 6 N–H and O–H groups in total. The SMILES string of the molecule is Cc1ccc(NC(=O)c2ccc(CN3CC[N+](C)(Cc4ccc(O[C@@H]5O[C@H](CO)[C@H](O)[C@H](O)[C@H]5O)c5ccsc45)CC3)cc2)cc1Nc1nccc(-c2cccnc2)n1. The Labute approximate surface area is 345 Å². The summed E-state index contributed by atoms with van der Waals surface area (Å²) in [5.41, 5.74) is 6.98. The Bertz CT molecular complexity index is 2390. The fourth-order valence-electron chi connectivity index (χ4n) is 7.60. The highest BCUT2D eigenvalue weighted by molar-refractivity contribution is 7.17. The van der Waals surface area contributed by atoms with Gasteiger partial charge < -0.3 is 45.0 Å². The maximum Gasteiger partial charge on any atom is 0.255 e. The van der Waals surface area contributed by atoms with Crippen LogP contribution in [0.2, 0.25) is 0 Å².